The number of carbonyl (C=O) groups is 2. The van der Waals surface area contributed by atoms with Crippen molar-refractivity contribution in [3.05, 3.63) is 109 Å². The minimum Gasteiger partial charge on any atom is -0.462 e. The predicted octanol–water partition coefficient (Wildman–Crippen LogP) is 18.6. The van der Waals surface area contributed by atoms with E-state index in [2.05, 4.69) is 129 Å². The number of ether oxygens (including phenoxy) is 1. The Labute approximate surface area is 438 Å². The predicted molar refractivity (Wildman–Crippen MR) is 310 cm³/mol. The molecule has 0 spiro atoms. The van der Waals surface area contributed by atoms with Gasteiger partial charge in [0.2, 0.25) is 5.91 Å². The van der Waals surface area contributed by atoms with Gasteiger partial charge in [0.15, 0.2) is 0 Å². The molecule has 0 aromatic carbocycles. The van der Waals surface area contributed by atoms with Gasteiger partial charge in [0.05, 0.1) is 25.2 Å². The molecule has 0 aliphatic rings. The fourth-order valence-electron chi connectivity index (χ4n) is 8.40. The van der Waals surface area contributed by atoms with Gasteiger partial charge in [0.1, 0.15) is 6.10 Å². The number of allylic oxidation sites excluding steroid dienone is 18. The third-order valence-corrected chi connectivity index (χ3v) is 12.8. The van der Waals surface area contributed by atoms with Crippen molar-refractivity contribution in [2.45, 2.75) is 283 Å². The maximum atomic E-state index is 13.3. The van der Waals surface area contributed by atoms with Crippen LogP contribution in [0.5, 0.6) is 0 Å². The van der Waals surface area contributed by atoms with Gasteiger partial charge in [-0.2, -0.15) is 0 Å². The molecule has 0 saturated carbocycles. The second kappa shape index (κ2) is 57.4. The second-order valence-corrected chi connectivity index (χ2v) is 19.7. The summed E-state index contributed by atoms with van der Waals surface area (Å²) in [5.41, 5.74) is 0. The number of nitrogens with one attached hydrogen (secondary N) is 1. The number of hydrogen-bond acceptors (Lipinski definition) is 5. The van der Waals surface area contributed by atoms with Gasteiger partial charge in [-0.15, -0.1) is 0 Å². The van der Waals surface area contributed by atoms with E-state index in [0.717, 1.165) is 103 Å². The molecule has 0 aliphatic heterocycles. The van der Waals surface area contributed by atoms with Gasteiger partial charge in [-0.1, -0.05) is 259 Å². The zero-order valence-electron chi connectivity index (χ0n) is 46.3. The summed E-state index contributed by atoms with van der Waals surface area (Å²) < 4.78 is 5.91. The fraction of sp³-hybridized carbons (Fsp3) is 0.692. The van der Waals surface area contributed by atoms with Gasteiger partial charge in [-0.3, -0.25) is 9.59 Å². The SMILES string of the molecule is CC/C=C\C/C=C\C/C=C\C/C=C\C/C=C\C/C=C\CCC(=O)OC(CCCCCC/C=C\C/C=C\C/C=C\CCCCC)CC(=O)NC(CO)C(O)CCCCCCCCCCCCCCCCCC. The quantitative estimate of drug-likeness (QED) is 0.0321. The van der Waals surface area contributed by atoms with Gasteiger partial charge in [-0.05, 0) is 103 Å². The van der Waals surface area contributed by atoms with Crippen molar-refractivity contribution in [2.75, 3.05) is 6.61 Å². The van der Waals surface area contributed by atoms with E-state index in [-0.39, 0.29) is 31.3 Å². The highest BCUT2D eigenvalue weighted by atomic mass is 16.5. The van der Waals surface area contributed by atoms with Crippen LogP contribution in [0.1, 0.15) is 265 Å². The summed E-state index contributed by atoms with van der Waals surface area (Å²) in [6.07, 6.45) is 78.7. The first kappa shape index (κ1) is 67.5. The van der Waals surface area contributed by atoms with Crippen LogP contribution in [-0.2, 0) is 14.3 Å². The van der Waals surface area contributed by atoms with Crippen molar-refractivity contribution >= 4 is 11.9 Å². The molecule has 3 N–H and O–H groups in total. The Morgan fingerprint density at radius 1 is 0.423 bits per heavy atom. The Kier molecular flexibility index (Phi) is 54.6. The third kappa shape index (κ3) is 52.7. The molecule has 0 radical (unpaired) electrons. The molecule has 0 aliphatic carbocycles. The molecule has 0 aromatic heterocycles. The first-order chi connectivity index (χ1) is 35.0. The van der Waals surface area contributed by atoms with Crippen molar-refractivity contribution in [3.8, 4) is 0 Å². The molecule has 1 amide bonds. The third-order valence-electron chi connectivity index (χ3n) is 12.8. The van der Waals surface area contributed by atoms with Crippen molar-refractivity contribution in [1.29, 1.82) is 0 Å². The van der Waals surface area contributed by atoms with Crippen LogP contribution in [0.2, 0.25) is 0 Å². The number of rotatable bonds is 52. The molecule has 6 heteroatoms. The van der Waals surface area contributed by atoms with Crippen LogP contribution in [0, 0.1) is 0 Å². The van der Waals surface area contributed by atoms with Crippen LogP contribution < -0.4 is 5.32 Å². The summed E-state index contributed by atoms with van der Waals surface area (Å²) in [6, 6.07) is -0.732. The molecule has 0 fully saturated rings. The lowest BCUT2D eigenvalue weighted by atomic mass is 10.0. The Balaban J connectivity index is 4.73. The molecule has 3 atom stereocenters. The summed E-state index contributed by atoms with van der Waals surface area (Å²) in [6.45, 7) is 6.34. The largest absolute Gasteiger partial charge is 0.462 e. The van der Waals surface area contributed by atoms with Crippen LogP contribution in [0.4, 0.5) is 0 Å². The lowest BCUT2D eigenvalue weighted by Crippen LogP contribution is -2.46. The van der Waals surface area contributed by atoms with E-state index in [1.807, 2.05) is 6.08 Å². The number of hydrogen-bond donors (Lipinski definition) is 3. The number of esters is 1. The van der Waals surface area contributed by atoms with Gasteiger partial charge in [0, 0.05) is 6.42 Å². The average molecular weight is 987 g/mol. The minimum atomic E-state index is -0.815. The van der Waals surface area contributed by atoms with Crippen molar-refractivity contribution in [3.63, 3.8) is 0 Å². The maximum absolute atomic E-state index is 13.3. The average Bonchev–Trinajstić information content (AvgIpc) is 3.36. The van der Waals surface area contributed by atoms with Crippen LogP contribution in [0.15, 0.2) is 109 Å². The molecule has 0 rings (SSSR count). The monoisotopic (exact) mass is 986 g/mol. The van der Waals surface area contributed by atoms with E-state index in [4.69, 9.17) is 4.74 Å². The highest BCUT2D eigenvalue weighted by Gasteiger charge is 2.24. The zero-order valence-corrected chi connectivity index (χ0v) is 46.3. The Hall–Kier alpha value is -3.48. The molecule has 0 bridgehead atoms. The van der Waals surface area contributed by atoms with Crippen LogP contribution in [0.25, 0.3) is 0 Å². The minimum absolute atomic E-state index is 0.0266. The molecule has 0 saturated heterocycles. The van der Waals surface area contributed by atoms with Crippen molar-refractivity contribution in [2.24, 2.45) is 0 Å². The molecule has 406 valence electrons. The van der Waals surface area contributed by atoms with Gasteiger partial charge in [0.25, 0.3) is 0 Å². The van der Waals surface area contributed by atoms with Gasteiger partial charge < -0.3 is 20.3 Å². The number of amides is 1. The standard InChI is InChI=1S/C65H111NO5/c1-4-7-10-13-16-19-22-25-28-31-32-34-37-40-43-46-49-52-55-58-65(70)71-61(56-53-50-47-44-41-38-35-33-29-26-23-20-17-14-11-8-5-2)59-64(69)66-62(60-67)63(68)57-54-51-48-45-42-39-36-30-27-24-21-18-15-12-9-6-3/h7,10,16-17,19-20,25-26,28-29,32,34-35,38,40,43,49,52,61-63,67-68H,4-6,8-9,11-15,18,21-24,27,30-31,33,36-37,39,41-42,44-48,50-51,53-60H2,1-3H3,(H,66,69)/b10-7-,19-16-,20-17-,28-25-,29-26-,34-32-,38-35-,43-40-,52-49-. The Bertz CT molecular complexity index is 1430. The fourth-order valence-corrected chi connectivity index (χ4v) is 8.40. The van der Waals surface area contributed by atoms with Crippen LogP contribution in [-0.4, -0.2) is 46.9 Å². The second-order valence-electron chi connectivity index (χ2n) is 19.7. The number of unbranched alkanes of at least 4 members (excludes halogenated alkanes) is 22. The molecule has 71 heavy (non-hydrogen) atoms. The molecule has 0 aromatic rings. The molecular weight excluding hydrogens is 875 g/mol. The number of carbonyl (C=O) groups excluding carboxylic acids is 2. The summed E-state index contributed by atoms with van der Waals surface area (Å²) >= 11 is 0. The smallest absolute Gasteiger partial charge is 0.306 e. The van der Waals surface area contributed by atoms with Crippen LogP contribution >= 0.6 is 0 Å². The normalized spacial score (nSPS) is 13.9. The topological polar surface area (TPSA) is 95.9 Å². The zero-order chi connectivity index (χ0) is 51.6. The molecule has 0 heterocycles. The Morgan fingerprint density at radius 2 is 0.761 bits per heavy atom. The van der Waals surface area contributed by atoms with E-state index < -0.39 is 18.2 Å². The van der Waals surface area contributed by atoms with E-state index in [1.54, 1.807) is 0 Å². The summed E-state index contributed by atoms with van der Waals surface area (Å²) in [5.74, 6) is -0.598. The first-order valence-corrected chi connectivity index (χ1v) is 29.6. The molecule has 3 unspecified atom stereocenters. The van der Waals surface area contributed by atoms with E-state index in [9.17, 15) is 19.8 Å². The van der Waals surface area contributed by atoms with Crippen molar-refractivity contribution in [1.82, 2.24) is 5.32 Å². The Morgan fingerprint density at radius 3 is 1.18 bits per heavy atom. The lowest BCUT2D eigenvalue weighted by molar-refractivity contribution is -0.150. The summed E-state index contributed by atoms with van der Waals surface area (Å²) in [7, 11) is 0. The lowest BCUT2D eigenvalue weighted by Gasteiger charge is -2.24. The van der Waals surface area contributed by atoms with Crippen molar-refractivity contribution < 1.29 is 24.5 Å². The summed E-state index contributed by atoms with van der Waals surface area (Å²) in [5, 5.41) is 23.9. The highest BCUT2D eigenvalue weighted by molar-refractivity contribution is 5.77. The molecular formula is C65H111NO5. The highest BCUT2D eigenvalue weighted by Crippen LogP contribution is 2.17. The van der Waals surface area contributed by atoms with E-state index in [0.29, 0.717) is 19.3 Å². The van der Waals surface area contributed by atoms with Gasteiger partial charge >= 0.3 is 5.97 Å². The molecule has 6 nitrogen and oxygen atoms in total. The van der Waals surface area contributed by atoms with Gasteiger partial charge in [-0.25, -0.2) is 0 Å². The number of aliphatic hydroxyl groups is 2. The maximum Gasteiger partial charge on any atom is 0.306 e. The first-order valence-electron chi connectivity index (χ1n) is 29.6. The van der Waals surface area contributed by atoms with E-state index >= 15 is 0 Å². The van der Waals surface area contributed by atoms with Crippen LogP contribution in [0.3, 0.4) is 0 Å². The van der Waals surface area contributed by atoms with E-state index in [1.165, 1.54) is 109 Å². The summed E-state index contributed by atoms with van der Waals surface area (Å²) in [4.78, 5) is 26.3. The number of aliphatic hydroxyl groups excluding tert-OH is 2.